The third-order valence-electron chi connectivity index (χ3n) is 1.56. The zero-order valence-corrected chi connectivity index (χ0v) is 8.25. The molecule has 0 saturated carbocycles. The van der Waals surface area contributed by atoms with Crippen LogP contribution in [-0.4, -0.2) is 11.6 Å². The van der Waals surface area contributed by atoms with Crippen molar-refractivity contribution in [3.8, 4) is 0 Å². The predicted octanol–water partition coefficient (Wildman–Crippen LogP) is 2.45. The molecule has 0 aromatic heterocycles. The van der Waals surface area contributed by atoms with E-state index >= 15 is 0 Å². The minimum absolute atomic E-state index is 0.00685. The maximum Gasteiger partial charge on any atom is 0.144 e. The molecule has 0 bridgehead atoms. The quantitative estimate of drug-likeness (QED) is 0.464. The van der Waals surface area contributed by atoms with Crippen LogP contribution < -0.4 is 0 Å². The Hall–Kier alpha value is -1.18. The van der Waals surface area contributed by atoms with E-state index in [0.717, 1.165) is 0 Å². The molecule has 0 aromatic carbocycles. The highest BCUT2D eigenvalue weighted by Crippen LogP contribution is 1.97. The van der Waals surface area contributed by atoms with Crippen molar-refractivity contribution in [2.45, 2.75) is 33.1 Å². The van der Waals surface area contributed by atoms with Crippen LogP contribution in [0.1, 0.15) is 33.1 Å². The van der Waals surface area contributed by atoms with Crippen molar-refractivity contribution in [3.05, 3.63) is 24.3 Å². The number of hydrogen-bond donors (Lipinski definition) is 0. The molecule has 2 nitrogen and oxygen atoms in total. The third kappa shape index (κ3) is 7.19. The number of Topliss-reactive ketones (excluding diaryl/α,β-unsaturated/α-hetero) is 2. The zero-order valence-electron chi connectivity index (χ0n) is 8.25. The van der Waals surface area contributed by atoms with Gasteiger partial charge in [0, 0.05) is 12.8 Å². The zero-order chi connectivity index (χ0) is 10.1. The lowest BCUT2D eigenvalue weighted by Gasteiger charge is -1.94. The molecule has 0 rings (SSSR count). The van der Waals surface area contributed by atoms with E-state index < -0.39 is 0 Å². The molecule has 13 heavy (non-hydrogen) atoms. The molecular formula is C11H16O2. The fourth-order valence-electron chi connectivity index (χ4n) is 0.863. The second-order valence-electron chi connectivity index (χ2n) is 2.80. The van der Waals surface area contributed by atoms with Gasteiger partial charge in [-0.15, -0.1) is 0 Å². The molecular weight excluding hydrogens is 164 g/mol. The van der Waals surface area contributed by atoms with Crippen LogP contribution in [0.25, 0.3) is 0 Å². The largest absolute Gasteiger partial charge is 0.299 e. The monoisotopic (exact) mass is 180 g/mol. The lowest BCUT2D eigenvalue weighted by atomic mass is 10.1. The molecule has 0 atom stereocenters. The summed E-state index contributed by atoms with van der Waals surface area (Å²) in [5.74, 6) is -0.0137. The van der Waals surface area contributed by atoms with Crippen LogP contribution in [-0.2, 0) is 9.59 Å². The van der Waals surface area contributed by atoms with Crippen LogP contribution in [0.3, 0.4) is 0 Å². The van der Waals surface area contributed by atoms with Gasteiger partial charge in [0.2, 0.25) is 0 Å². The van der Waals surface area contributed by atoms with E-state index in [1.807, 2.05) is 26.0 Å². The van der Waals surface area contributed by atoms with Crippen LogP contribution in [0.5, 0.6) is 0 Å². The van der Waals surface area contributed by atoms with E-state index in [1.165, 1.54) is 0 Å². The summed E-state index contributed by atoms with van der Waals surface area (Å²) in [4.78, 5) is 22.2. The summed E-state index contributed by atoms with van der Waals surface area (Å²) in [6.45, 7) is 3.71. The topological polar surface area (TPSA) is 34.1 Å². The number of carbonyl (C=O) groups is 2. The maximum atomic E-state index is 11.1. The molecule has 0 heterocycles. The Kier molecular flexibility index (Phi) is 6.79. The molecule has 0 unspecified atom stereocenters. The normalized spacial score (nSPS) is 11.2. The van der Waals surface area contributed by atoms with Crippen molar-refractivity contribution in [1.29, 1.82) is 0 Å². The van der Waals surface area contributed by atoms with E-state index in [2.05, 4.69) is 0 Å². The molecule has 0 aromatic rings. The van der Waals surface area contributed by atoms with Crippen molar-refractivity contribution >= 4 is 11.6 Å². The van der Waals surface area contributed by atoms with E-state index in [1.54, 1.807) is 12.2 Å². The third-order valence-corrected chi connectivity index (χ3v) is 1.56. The average molecular weight is 180 g/mol. The van der Waals surface area contributed by atoms with Crippen LogP contribution >= 0.6 is 0 Å². The smallest absolute Gasteiger partial charge is 0.144 e. The van der Waals surface area contributed by atoms with Gasteiger partial charge >= 0.3 is 0 Å². The van der Waals surface area contributed by atoms with Gasteiger partial charge in [0.25, 0.3) is 0 Å². The van der Waals surface area contributed by atoms with Gasteiger partial charge in [0.15, 0.2) is 0 Å². The summed E-state index contributed by atoms with van der Waals surface area (Å²) in [5, 5.41) is 0. The van der Waals surface area contributed by atoms with Crippen molar-refractivity contribution in [3.63, 3.8) is 0 Å². The molecule has 0 spiro atoms. The van der Waals surface area contributed by atoms with Crippen LogP contribution in [0, 0.1) is 0 Å². The molecule has 0 aliphatic rings. The Labute approximate surface area is 79.3 Å². The molecule has 0 saturated heterocycles. The summed E-state index contributed by atoms with van der Waals surface area (Å²) in [6, 6.07) is 0. The highest BCUT2D eigenvalue weighted by Gasteiger charge is 2.05. The fourth-order valence-corrected chi connectivity index (χ4v) is 0.863. The van der Waals surface area contributed by atoms with E-state index in [4.69, 9.17) is 0 Å². The van der Waals surface area contributed by atoms with Crippen molar-refractivity contribution in [2.24, 2.45) is 0 Å². The van der Waals surface area contributed by atoms with E-state index in [0.29, 0.717) is 12.8 Å². The lowest BCUT2D eigenvalue weighted by molar-refractivity contribution is -0.126. The Morgan fingerprint density at radius 3 is 1.62 bits per heavy atom. The molecule has 0 aliphatic carbocycles. The first-order valence-corrected chi connectivity index (χ1v) is 4.46. The Morgan fingerprint density at radius 1 is 0.923 bits per heavy atom. The first-order valence-electron chi connectivity index (χ1n) is 4.46. The first-order chi connectivity index (χ1) is 6.20. The summed E-state index contributed by atoms with van der Waals surface area (Å²) in [6.07, 6.45) is 7.98. The number of hydrogen-bond acceptors (Lipinski definition) is 2. The number of allylic oxidation sites excluding steroid dienone is 4. The van der Waals surface area contributed by atoms with Gasteiger partial charge in [-0.05, 0) is 13.8 Å². The molecule has 0 amide bonds. The average Bonchev–Trinajstić information content (AvgIpc) is 2.11. The first kappa shape index (κ1) is 11.8. The van der Waals surface area contributed by atoms with Crippen LogP contribution in [0.4, 0.5) is 0 Å². The minimum atomic E-state index is -0.00685. The van der Waals surface area contributed by atoms with Crippen molar-refractivity contribution < 1.29 is 9.59 Å². The molecule has 0 N–H and O–H groups in total. The Morgan fingerprint density at radius 2 is 1.31 bits per heavy atom. The van der Waals surface area contributed by atoms with Crippen molar-refractivity contribution in [1.82, 2.24) is 0 Å². The summed E-state index contributed by atoms with van der Waals surface area (Å²) >= 11 is 0. The van der Waals surface area contributed by atoms with Crippen molar-refractivity contribution in [2.75, 3.05) is 0 Å². The second-order valence-corrected chi connectivity index (χ2v) is 2.80. The van der Waals surface area contributed by atoms with E-state index in [9.17, 15) is 9.59 Å². The fraction of sp³-hybridized carbons (Fsp3) is 0.455. The van der Waals surface area contributed by atoms with Gasteiger partial charge in [-0.2, -0.15) is 0 Å². The van der Waals surface area contributed by atoms with Gasteiger partial charge in [0.05, 0.1) is 6.42 Å². The summed E-state index contributed by atoms with van der Waals surface area (Å²) in [5.41, 5.74) is 0. The molecule has 0 aliphatic heterocycles. The Bertz CT molecular complexity index is 200. The number of ketones is 2. The Balaban J connectivity index is 3.71. The highest BCUT2D eigenvalue weighted by atomic mass is 16.1. The van der Waals surface area contributed by atoms with Gasteiger partial charge in [0.1, 0.15) is 11.6 Å². The SMILES string of the molecule is C/C=C/CC(=O)CC(=O)C/C=C/C. The van der Waals surface area contributed by atoms with Gasteiger partial charge in [-0.1, -0.05) is 24.3 Å². The molecule has 2 heteroatoms. The van der Waals surface area contributed by atoms with Crippen LogP contribution in [0.15, 0.2) is 24.3 Å². The number of carbonyl (C=O) groups excluding carboxylic acids is 2. The molecule has 0 fully saturated rings. The summed E-state index contributed by atoms with van der Waals surface area (Å²) < 4.78 is 0. The maximum absolute atomic E-state index is 11.1. The second kappa shape index (κ2) is 7.47. The van der Waals surface area contributed by atoms with Gasteiger partial charge < -0.3 is 0 Å². The lowest BCUT2D eigenvalue weighted by Crippen LogP contribution is -2.05. The summed E-state index contributed by atoms with van der Waals surface area (Å²) in [7, 11) is 0. The molecule has 72 valence electrons. The highest BCUT2D eigenvalue weighted by molar-refractivity contribution is 6.00. The minimum Gasteiger partial charge on any atom is -0.299 e. The standard InChI is InChI=1S/C11H16O2/c1-3-5-7-10(12)9-11(13)8-6-4-2/h3-6H,7-9H2,1-2H3/b5-3+,6-4+. The van der Waals surface area contributed by atoms with Crippen LogP contribution in [0.2, 0.25) is 0 Å². The van der Waals surface area contributed by atoms with Gasteiger partial charge in [-0.25, -0.2) is 0 Å². The number of rotatable bonds is 6. The predicted molar refractivity (Wildman–Crippen MR) is 53.5 cm³/mol. The van der Waals surface area contributed by atoms with Gasteiger partial charge in [-0.3, -0.25) is 9.59 Å². The van der Waals surface area contributed by atoms with E-state index in [-0.39, 0.29) is 18.0 Å². The molecule has 0 radical (unpaired) electrons.